The Labute approximate surface area is 193 Å². The van der Waals surface area contributed by atoms with Crippen LogP contribution >= 0.6 is 0 Å². The van der Waals surface area contributed by atoms with Gasteiger partial charge in [0.25, 0.3) is 0 Å². The molecule has 0 aliphatic carbocycles. The number of benzene rings is 1. The number of carbonyl (C=O) groups excluding carboxylic acids is 2. The summed E-state index contributed by atoms with van der Waals surface area (Å²) in [5, 5.41) is 2.83. The number of hydrogen-bond donors (Lipinski definition) is 1. The van der Waals surface area contributed by atoms with Crippen molar-refractivity contribution in [2.45, 2.75) is 13.1 Å². The zero-order valence-electron chi connectivity index (χ0n) is 19.2. The molecular formula is C24H30N4O5. The minimum atomic E-state index is -0.415. The number of para-hydroxylation sites is 2. The van der Waals surface area contributed by atoms with E-state index in [1.807, 2.05) is 42.1 Å². The largest absolute Gasteiger partial charge is 0.495 e. The van der Waals surface area contributed by atoms with Crippen LogP contribution in [-0.2, 0) is 29.7 Å². The molecule has 176 valence electrons. The van der Waals surface area contributed by atoms with Gasteiger partial charge in [0.2, 0.25) is 5.91 Å². The van der Waals surface area contributed by atoms with Gasteiger partial charge in [0, 0.05) is 32.6 Å². The fraction of sp³-hybridized carbons (Fsp3) is 0.333. The number of aromatic nitrogens is 1. The maximum absolute atomic E-state index is 13.3. The molecular weight excluding hydrogens is 424 g/mol. The van der Waals surface area contributed by atoms with Gasteiger partial charge < -0.3 is 33.6 Å². The van der Waals surface area contributed by atoms with Gasteiger partial charge >= 0.3 is 6.03 Å². The van der Waals surface area contributed by atoms with E-state index in [0.29, 0.717) is 36.9 Å². The molecule has 9 heteroatoms. The normalized spacial score (nSPS) is 10.6. The van der Waals surface area contributed by atoms with Crippen molar-refractivity contribution in [1.82, 2.24) is 14.4 Å². The summed E-state index contributed by atoms with van der Waals surface area (Å²) in [7, 11) is 5.01. The lowest BCUT2D eigenvalue weighted by molar-refractivity contribution is -0.133. The Morgan fingerprint density at radius 2 is 1.85 bits per heavy atom. The van der Waals surface area contributed by atoms with E-state index in [9.17, 15) is 9.59 Å². The van der Waals surface area contributed by atoms with Crippen molar-refractivity contribution >= 4 is 17.6 Å². The van der Waals surface area contributed by atoms with E-state index in [2.05, 4.69) is 5.32 Å². The number of anilines is 1. The lowest BCUT2D eigenvalue weighted by atomic mass is 10.3. The number of nitrogens with one attached hydrogen (secondary N) is 1. The van der Waals surface area contributed by atoms with Gasteiger partial charge in [-0.3, -0.25) is 4.79 Å². The fourth-order valence-electron chi connectivity index (χ4n) is 3.34. The number of ether oxygens (including phenoxy) is 2. The Morgan fingerprint density at radius 1 is 1.03 bits per heavy atom. The summed E-state index contributed by atoms with van der Waals surface area (Å²) in [4.78, 5) is 29.5. The fourth-order valence-corrected chi connectivity index (χ4v) is 3.34. The Morgan fingerprint density at radius 3 is 2.52 bits per heavy atom. The van der Waals surface area contributed by atoms with E-state index in [1.54, 1.807) is 42.5 Å². The first-order chi connectivity index (χ1) is 16.0. The summed E-state index contributed by atoms with van der Waals surface area (Å²) in [5.41, 5.74) is 1.49. The molecule has 0 saturated carbocycles. The van der Waals surface area contributed by atoms with E-state index >= 15 is 0 Å². The van der Waals surface area contributed by atoms with Crippen LogP contribution < -0.4 is 10.1 Å². The summed E-state index contributed by atoms with van der Waals surface area (Å²) in [6.45, 7) is 1.11. The summed E-state index contributed by atoms with van der Waals surface area (Å²) in [6.07, 6.45) is 3.50. The van der Waals surface area contributed by atoms with Crippen LogP contribution in [0.25, 0.3) is 0 Å². The molecule has 0 spiro atoms. The Kier molecular flexibility index (Phi) is 8.54. The van der Waals surface area contributed by atoms with Gasteiger partial charge in [0.1, 0.15) is 18.1 Å². The molecule has 0 radical (unpaired) electrons. The van der Waals surface area contributed by atoms with Gasteiger partial charge in [-0.25, -0.2) is 4.79 Å². The molecule has 0 unspecified atom stereocenters. The minimum absolute atomic E-state index is 0.116. The van der Waals surface area contributed by atoms with Crippen LogP contribution in [0.1, 0.15) is 11.5 Å². The van der Waals surface area contributed by atoms with E-state index < -0.39 is 6.03 Å². The maximum atomic E-state index is 13.3. The van der Waals surface area contributed by atoms with E-state index in [0.717, 1.165) is 5.69 Å². The third-order valence-electron chi connectivity index (χ3n) is 5.21. The molecule has 1 aromatic carbocycles. The van der Waals surface area contributed by atoms with Crippen LogP contribution in [0.4, 0.5) is 10.5 Å². The molecule has 0 saturated heterocycles. The third-order valence-corrected chi connectivity index (χ3v) is 5.21. The van der Waals surface area contributed by atoms with Crippen molar-refractivity contribution in [3.8, 4) is 5.75 Å². The summed E-state index contributed by atoms with van der Waals surface area (Å²) < 4.78 is 17.9. The van der Waals surface area contributed by atoms with Crippen LogP contribution in [0, 0.1) is 0 Å². The lowest BCUT2D eigenvalue weighted by Crippen LogP contribution is -2.45. The van der Waals surface area contributed by atoms with Gasteiger partial charge in [0.05, 0.1) is 38.8 Å². The predicted molar refractivity (Wildman–Crippen MR) is 124 cm³/mol. The topological polar surface area (TPSA) is 89.2 Å². The SMILES string of the molecule is COCCN(CC(=O)N(Cc1ccco1)Cc1cccn1C)C(=O)Nc1ccccc1OC. The van der Waals surface area contributed by atoms with Gasteiger partial charge in [-0.1, -0.05) is 12.1 Å². The number of urea groups is 1. The molecule has 1 N–H and O–H groups in total. The van der Waals surface area contributed by atoms with E-state index in [1.165, 1.54) is 12.0 Å². The second kappa shape index (κ2) is 11.8. The number of methoxy groups -OCH3 is 2. The highest BCUT2D eigenvalue weighted by molar-refractivity contribution is 5.93. The Bertz CT molecular complexity index is 1030. The van der Waals surface area contributed by atoms with E-state index in [4.69, 9.17) is 13.9 Å². The van der Waals surface area contributed by atoms with Crippen LogP contribution in [0.15, 0.2) is 65.4 Å². The molecule has 2 aromatic heterocycles. The van der Waals surface area contributed by atoms with Crippen molar-refractivity contribution in [3.63, 3.8) is 0 Å². The number of hydrogen-bond acceptors (Lipinski definition) is 5. The molecule has 33 heavy (non-hydrogen) atoms. The molecule has 0 fully saturated rings. The smallest absolute Gasteiger partial charge is 0.322 e. The number of rotatable bonds is 11. The van der Waals surface area contributed by atoms with Crippen molar-refractivity contribution in [2.75, 3.05) is 39.2 Å². The molecule has 0 aliphatic heterocycles. The summed E-state index contributed by atoms with van der Waals surface area (Å²) >= 11 is 0. The van der Waals surface area contributed by atoms with Crippen LogP contribution in [0.5, 0.6) is 5.75 Å². The summed E-state index contributed by atoms with van der Waals surface area (Å²) in [6, 6.07) is 14.2. The van der Waals surface area contributed by atoms with Gasteiger partial charge in [-0.2, -0.15) is 0 Å². The first kappa shape index (κ1) is 23.9. The van der Waals surface area contributed by atoms with Crippen molar-refractivity contribution < 1.29 is 23.5 Å². The molecule has 3 aromatic rings. The zero-order valence-corrected chi connectivity index (χ0v) is 19.2. The molecule has 2 heterocycles. The van der Waals surface area contributed by atoms with Crippen LogP contribution in [0.3, 0.4) is 0 Å². The van der Waals surface area contributed by atoms with Gasteiger partial charge in [-0.15, -0.1) is 0 Å². The lowest BCUT2D eigenvalue weighted by Gasteiger charge is -2.27. The standard InChI is InChI=1S/C24H30N4O5/c1-26-12-6-8-19(26)16-28(17-20-9-7-14-33-20)23(29)18-27(13-15-31-2)24(30)25-21-10-4-5-11-22(21)32-3/h4-12,14H,13,15-18H2,1-3H3,(H,25,30). The summed E-state index contributed by atoms with van der Waals surface area (Å²) in [5.74, 6) is 0.991. The Hall–Kier alpha value is -3.72. The minimum Gasteiger partial charge on any atom is -0.495 e. The molecule has 0 bridgehead atoms. The number of amides is 3. The van der Waals surface area contributed by atoms with Crippen LogP contribution in [0.2, 0.25) is 0 Å². The molecule has 9 nitrogen and oxygen atoms in total. The average Bonchev–Trinajstić information content (AvgIpc) is 3.48. The molecule has 0 aliphatic rings. The van der Waals surface area contributed by atoms with Crippen LogP contribution in [-0.4, -0.2) is 60.2 Å². The third kappa shape index (κ3) is 6.63. The predicted octanol–water partition coefficient (Wildman–Crippen LogP) is 3.34. The number of aryl methyl sites for hydroxylation is 1. The number of carbonyl (C=O) groups is 2. The highest BCUT2D eigenvalue weighted by atomic mass is 16.5. The maximum Gasteiger partial charge on any atom is 0.322 e. The molecule has 3 amide bonds. The monoisotopic (exact) mass is 454 g/mol. The van der Waals surface area contributed by atoms with Crippen molar-refractivity contribution in [2.24, 2.45) is 7.05 Å². The highest BCUT2D eigenvalue weighted by Gasteiger charge is 2.23. The Balaban J connectivity index is 1.75. The second-order valence-corrected chi connectivity index (χ2v) is 7.48. The van der Waals surface area contributed by atoms with Crippen molar-refractivity contribution in [1.29, 1.82) is 0 Å². The number of nitrogens with zero attached hydrogens (tertiary/aromatic N) is 3. The zero-order chi connectivity index (χ0) is 23.6. The first-order valence-corrected chi connectivity index (χ1v) is 10.6. The van der Waals surface area contributed by atoms with E-state index in [-0.39, 0.29) is 19.0 Å². The number of furan rings is 1. The quantitative estimate of drug-likeness (QED) is 0.480. The molecule has 0 atom stereocenters. The first-order valence-electron chi connectivity index (χ1n) is 10.6. The average molecular weight is 455 g/mol. The van der Waals surface area contributed by atoms with Crippen molar-refractivity contribution in [3.05, 3.63) is 72.4 Å². The highest BCUT2D eigenvalue weighted by Crippen LogP contribution is 2.23. The van der Waals surface area contributed by atoms with Gasteiger partial charge in [-0.05, 0) is 36.4 Å². The van der Waals surface area contributed by atoms with Gasteiger partial charge in [0.15, 0.2) is 0 Å². The molecule has 3 rings (SSSR count). The second-order valence-electron chi connectivity index (χ2n) is 7.48.